The minimum Gasteiger partial charge on any atom is -0.499 e. The predicted molar refractivity (Wildman–Crippen MR) is 96.6 cm³/mol. The zero-order chi connectivity index (χ0) is 16.2. The summed E-state index contributed by atoms with van der Waals surface area (Å²) in [6.07, 6.45) is 2.96. The molecule has 3 rings (SSSR count). The summed E-state index contributed by atoms with van der Waals surface area (Å²) in [5.74, 6) is 4.63. The smallest absolute Gasteiger partial charge is 0.119 e. The second kappa shape index (κ2) is 9.17. The van der Waals surface area contributed by atoms with Crippen molar-refractivity contribution in [2.45, 2.75) is 17.2 Å². The van der Waals surface area contributed by atoms with Crippen LogP contribution in [-0.2, 0) is 0 Å². The van der Waals surface area contributed by atoms with Crippen LogP contribution in [0.15, 0.2) is 60.0 Å². The number of ether oxygens (including phenoxy) is 2. The quantitative estimate of drug-likeness (QED) is 0.452. The average molecular weight is 466 g/mol. The van der Waals surface area contributed by atoms with Gasteiger partial charge in [-0.1, -0.05) is 24.3 Å². The third-order valence-electron chi connectivity index (χ3n) is 4.26. The van der Waals surface area contributed by atoms with Gasteiger partial charge in [0.25, 0.3) is 0 Å². The zero-order valence-corrected chi connectivity index (χ0v) is 18.6. The van der Waals surface area contributed by atoms with Crippen molar-refractivity contribution in [1.29, 1.82) is 0 Å². The largest absolute Gasteiger partial charge is 0.499 e. The van der Waals surface area contributed by atoms with Gasteiger partial charge in [-0.2, -0.15) is 23.6 Å². The van der Waals surface area contributed by atoms with Crippen LogP contribution in [0, 0.1) is 47.2 Å². The van der Waals surface area contributed by atoms with Crippen LogP contribution < -0.4 is 9.47 Å². The molecule has 1 aliphatic rings. The number of methoxy groups -OCH3 is 2. The third kappa shape index (κ3) is 4.12. The zero-order valence-electron chi connectivity index (χ0n) is 14.1. The van der Waals surface area contributed by atoms with Crippen molar-refractivity contribution < 1.29 is 50.8 Å². The van der Waals surface area contributed by atoms with E-state index in [9.17, 15) is 0 Å². The first-order valence-corrected chi connectivity index (χ1v) is 8.67. The van der Waals surface area contributed by atoms with E-state index in [4.69, 9.17) is 9.47 Å². The molecule has 0 amide bonds. The minimum absolute atomic E-state index is 0. The summed E-state index contributed by atoms with van der Waals surface area (Å²) in [7, 11) is 3.41. The summed E-state index contributed by atoms with van der Waals surface area (Å²) in [6.45, 7) is 3.95. The van der Waals surface area contributed by atoms with Crippen molar-refractivity contribution in [3.8, 4) is 11.5 Å². The summed E-state index contributed by atoms with van der Waals surface area (Å²) in [5.41, 5.74) is 2.65. The molecule has 0 saturated carbocycles. The minimum atomic E-state index is 0. The van der Waals surface area contributed by atoms with Crippen LogP contribution in [0.1, 0.15) is 23.5 Å². The van der Waals surface area contributed by atoms with Crippen LogP contribution in [0.25, 0.3) is 0 Å². The molecule has 0 unspecified atom stereocenters. The summed E-state index contributed by atoms with van der Waals surface area (Å²) in [5, 5.41) is 0. The van der Waals surface area contributed by atoms with E-state index in [1.54, 1.807) is 14.2 Å². The van der Waals surface area contributed by atoms with Crippen molar-refractivity contribution in [3.05, 3.63) is 72.2 Å². The Morgan fingerprint density at radius 1 is 1.12 bits per heavy atom. The molecule has 1 aliphatic heterocycles. The molecule has 1 heterocycles. The summed E-state index contributed by atoms with van der Waals surface area (Å²) in [4.78, 5) is 1.31. The molecule has 1 atom stereocenters. The maximum Gasteiger partial charge on any atom is 0.119 e. The van der Waals surface area contributed by atoms with Crippen molar-refractivity contribution >= 4 is 11.8 Å². The first-order chi connectivity index (χ1) is 11.3. The van der Waals surface area contributed by atoms with E-state index in [2.05, 4.69) is 30.8 Å². The molecule has 0 fully saturated rings. The molecular formula is C20H21O2PrS-. The SMILES string of the molecule is C=CC[C@@H]1c2ccc(OC)cc2SC[C-]1c1ccc(OC)cc1.[Pr]. The number of hydrogen-bond donors (Lipinski definition) is 0. The van der Waals surface area contributed by atoms with Crippen molar-refractivity contribution in [3.63, 3.8) is 0 Å². The molecule has 24 heavy (non-hydrogen) atoms. The topological polar surface area (TPSA) is 18.5 Å². The molecular weight excluding hydrogens is 445 g/mol. The molecule has 4 heteroatoms. The molecule has 123 valence electrons. The number of thioether (sulfide) groups is 1. The Morgan fingerprint density at radius 3 is 2.42 bits per heavy atom. The number of benzene rings is 2. The third-order valence-corrected chi connectivity index (χ3v) is 5.38. The van der Waals surface area contributed by atoms with Crippen LogP contribution >= 0.6 is 11.8 Å². The van der Waals surface area contributed by atoms with Gasteiger partial charge in [-0.3, -0.25) is 0 Å². The van der Waals surface area contributed by atoms with E-state index < -0.39 is 0 Å². The van der Waals surface area contributed by atoms with Gasteiger partial charge in [0.05, 0.1) is 20.0 Å². The second-order valence-electron chi connectivity index (χ2n) is 5.52. The van der Waals surface area contributed by atoms with E-state index >= 15 is 0 Å². The Labute approximate surface area is 182 Å². The summed E-state index contributed by atoms with van der Waals surface area (Å²) >= 11 is 1.88. The Balaban J connectivity index is 0.00000208. The van der Waals surface area contributed by atoms with Crippen LogP contribution in [-0.4, -0.2) is 20.0 Å². The molecule has 2 aromatic carbocycles. The van der Waals surface area contributed by atoms with Gasteiger partial charge in [-0.15, -0.1) is 18.3 Å². The van der Waals surface area contributed by atoms with Gasteiger partial charge in [-0.25, -0.2) is 0 Å². The van der Waals surface area contributed by atoms with Crippen LogP contribution in [0.2, 0.25) is 0 Å². The molecule has 1 radical (unpaired) electrons. The summed E-state index contributed by atoms with van der Waals surface area (Å²) < 4.78 is 10.6. The Kier molecular flexibility index (Phi) is 7.52. The van der Waals surface area contributed by atoms with Gasteiger partial charge in [0.15, 0.2) is 0 Å². The van der Waals surface area contributed by atoms with Gasteiger partial charge in [-0.05, 0) is 35.8 Å². The first kappa shape index (κ1) is 19.7. The van der Waals surface area contributed by atoms with E-state index in [0.717, 1.165) is 23.7 Å². The van der Waals surface area contributed by atoms with E-state index in [0.29, 0.717) is 5.92 Å². The summed E-state index contributed by atoms with van der Waals surface area (Å²) in [6, 6.07) is 14.7. The average Bonchev–Trinajstić information content (AvgIpc) is 2.62. The molecule has 2 nitrogen and oxygen atoms in total. The van der Waals surface area contributed by atoms with E-state index in [1.807, 2.05) is 36.0 Å². The number of fused-ring (bicyclic) bond motifs is 1. The second-order valence-corrected chi connectivity index (χ2v) is 6.54. The monoisotopic (exact) mass is 466 g/mol. The van der Waals surface area contributed by atoms with Crippen LogP contribution in [0.4, 0.5) is 0 Å². The Morgan fingerprint density at radius 2 is 1.79 bits per heavy atom. The van der Waals surface area contributed by atoms with Gasteiger partial charge in [0, 0.05) is 46.2 Å². The van der Waals surface area contributed by atoms with Gasteiger partial charge >= 0.3 is 0 Å². The predicted octanol–water partition coefficient (Wildman–Crippen LogP) is 5.09. The molecule has 0 N–H and O–H groups in total. The van der Waals surface area contributed by atoms with Gasteiger partial charge in [0.2, 0.25) is 0 Å². The van der Waals surface area contributed by atoms with E-state index in [-0.39, 0.29) is 41.3 Å². The van der Waals surface area contributed by atoms with E-state index in [1.165, 1.54) is 21.9 Å². The molecule has 0 aromatic heterocycles. The molecule has 0 saturated heterocycles. The fourth-order valence-electron chi connectivity index (χ4n) is 3.02. The van der Waals surface area contributed by atoms with Crippen molar-refractivity contribution in [1.82, 2.24) is 0 Å². The van der Waals surface area contributed by atoms with Crippen LogP contribution in [0.5, 0.6) is 11.5 Å². The van der Waals surface area contributed by atoms with Crippen molar-refractivity contribution in [2.75, 3.05) is 20.0 Å². The maximum atomic E-state index is 5.36. The standard InChI is InChI=1S/C20H21O2S.Pr/c1-4-5-17-18-11-10-16(22-3)12-20(18)23-13-19(17)14-6-8-15(21-2)9-7-14;/h4,6-12,17H,1,5,13H2,2-3H3;/q-1;/t17-;/m1./s1. The fourth-order valence-corrected chi connectivity index (χ4v) is 4.28. The van der Waals surface area contributed by atoms with Crippen LogP contribution in [0.3, 0.4) is 0 Å². The Bertz CT molecular complexity index is 685. The fraction of sp³-hybridized carbons (Fsp3) is 0.250. The molecule has 0 bridgehead atoms. The normalized spacial score (nSPS) is 15.9. The number of rotatable bonds is 5. The van der Waals surface area contributed by atoms with Gasteiger partial charge in [0.1, 0.15) is 5.75 Å². The van der Waals surface area contributed by atoms with Crippen molar-refractivity contribution in [2.24, 2.45) is 0 Å². The van der Waals surface area contributed by atoms with Gasteiger partial charge < -0.3 is 9.47 Å². The molecule has 0 aliphatic carbocycles. The maximum absolute atomic E-state index is 5.36. The Hall–Kier alpha value is -0.636. The molecule has 0 spiro atoms. The molecule has 2 aromatic rings. The first-order valence-electron chi connectivity index (χ1n) is 7.68. The number of allylic oxidation sites excluding steroid dienone is 1. The number of hydrogen-bond acceptors (Lipinski definition) is 3.